The maximum atomic E-state index is 12.4. The minimum Gasteiger partial charge on any atom is -0.321 e. The third kappa shape index (κ3) is 3.51. The molecule has 0 bridgehead atoms. The van der Waals surface area contributed by atoms with E-state index in [0.717, 1.165) is 12.1 Å². The molecule has 1 heterocycles. The number of aromatic nitrogens is 2. The molecule has 0 aliphatic rings. The molecule has 0 aliphatic heterocycles. The van der Waals surface area contributed by atoms with Crippen molar-refractivity contribution in [2.24, 2.45) is 5.73 Å². The molecule has 19 heavy (non-hydrogen) atoms. The summed E-state index contributed by atoms with van der Waals surface area (Å²) in [4.78, 5) is 8.03. The van der Waals surface area contributed by atoms with Crippen LogP contribution in [0.25, 0.3) is 0 Å². The van der Waals surface area contributed by atoms with E-state index in [4.69, 9.17) is 5.73 Å². The molecule has 1 atom stereocenters. The Kier molecular flexibility index (Phi) is 3.80. The van der Waals surface area contributed by atoms with Crippen molar-refractivity contribution in [3.63, 3.8) is 0 Å². The van der Waals surface area contributed by atoms with Gasteiger partial charge in [0.2, 0.25) is 0 Å². The van der Waals surface area contributed by atoms with E-state index in [0.29, 0.717) is 17.8 Å². The smallest absolute Gasteiger partial charge is 0.321 e. The SMILES string of the molecule is NC(Cc1ccc(C(F)(F)F)cc1)c1ncccn1. The van der Waals surface area contributed by atoms with Crippen molar-refractivity contribution in [2.45, 2.75) is 18.6 Å². The van der Waals surface area contributed by atoms with Gasteiger partial charge in [-0.05, 0) is 30.2 Å². The maximum Gasteiger partial charge on any atom is 0.416 e. The van der Waals surface area contributed by atoms with Crippen LogP contribution in [-0.4, -0.2) is 9.97 Å². The second-order valence-corrected chi connectivity index (χ2v) is 4.11. The molecule has 1 aromatic heterocycles. The third-order valence-corrected chi connectivity index (χ3v) is 2.65. The minimum atomic E-state index is -4.32. The highest BCUT2D eigenvalue weighted by molar-refractivity contribution is 5.25. The van der Waals surface area contributed by atoms with Crippen LogP contribution in [0.2, 0.25) is 0 Å². The second-order valence-electron chi connectivity index (χ2n) is 4.11. The van der Waals surface area contributed by atoms with Crippen LogP contribution in [0.5, 0.6) is 0 Å². The van der Waals surface area contributed by atoms with E-state index in [1.807, 2.05) is 0 Å². The molecule has 0 saturated heterocycles. The Morgan fingerprint density at radius 1 is 1.05 bits per heavy atom. The molecule has 6 heteroatoms. The molecule has 0 fully saturated rings. The first kappa shape index (κ1) is 13.5. The number of alkyl halides is 3. The zero-order valence-electron chi connectivity index (χ0n) is 9.93. The summed E-state index contributed by atoms with van der Waals surface area (Å²) < 4.78 is 37.2. The Bertz CT molecular complexity index is 523. The van der Waals surface area contributed by atoms with Gasteiger partial charge < -0.3 is 5.73 Å². The molecule has 0 radical (unpaired) electrons. The number of hydrogen-bond acceptors (Lipinski definition) is 3. The average molecular weight is 267 g/mol. The molecule has 0 spiro atoms. The van der Waals surface area contributed by atoms with E-state index < -0.39 is 17.8 Å². The molecule has 100 valence electrons. The van der Waals surface area contributed by atoms with E-state index >= 15 is 0 Å². The van der Waals surface area contributed by atoms with Crippen LogP contribution in [-0.2, 0) is 12.6 Å². The van der Waals surface area contributed by atoms with Gasteiger partial charge >= 0.3 is 6.18 Å². The zero-order valence-corrected chi connectivity index (χ0v) is 9.93. The standard InChI is InChI=1S/C13H12F3N3/c14-13(15,16)10-4-2-9(3-5-10)8-11(17)12-18-6-1-7-19-12/h1-7,11H,8,17H2. The van der Waals surface area contributed by atoms with Gasteiger partial charge in [-0.25, -0.2) is 9.97 Å². The highest BCUT2D eigenvalue weighted by atomic mass is 19.4. The van der Waals surface area contributed by atoms with Crippen molar-refractivity contribution < 1.29 is 13.2 Å². The van der Waals surface area contributed by atoms with Gasteiger partial charge in [-0.15, -0.1) is 0 Å². The molecule has 0 aliphatic carbocycles. The normalized spacial score (nSPS) is 13.3. The maximum absolute atomic E-state index is 12.4. The first-order chi connectivity index (χ1) is 8.97. The second kappa shape index (κ2) is 5.36. The Balaban J connectivity index is 2.08. The van der Waals surface area contributed by atoms with Crippen molar-refractivity contribution in [3.05, 3.63) is 59.7 Å². The fourth-order valence-electron chi connectivity index (χ4n) is 1.68. The van der Waals surface area contributed by atoms with Crippen molar-refractivity contribution in [1.82, 2.24) is 9.97 Å². The number of benzene rings is 1. The van der Waals surface area contributed by atoms with Crippen LogP contribution in [0.15, 0.2) is 42.7 Å². The molecular weight excluding hydrogens is 255 g/mol. The van der Waals surface area contributed by atoms with E-state index in [-0.39, 0.29) is 0 Å². The molecule has 2 N–H and O–H groups in total. The van der Waals surface area contributed by atoms with E-state index in [1.54, 1.807) is 18.5 Å². The number of rotatable bonds is 3. The predicted octanol–water partition coefficient (Wildman–Crippen LogP) is 2.74. The van der Waals surface area contributed by atoms with E-state index in [9.17, 15) is 13.2 Å². The first-order valence-corrected chi connectivity index (χ1v) is 5.65. The van der Waals surface area contributed by atoms with Crippen LogP contribution >= 0.6 is 0 Å². The number of hydrogen-bond donors (Lipinski definition) is 1. The van der Waals surface area contributed by atoms with Gasteiger partial charge in [0.15, 0.2) is 0 Å². The molecule has 1 aromatic carbocycles. The lowest BCUT2D eigenvalue weighted by Crippen LogP contribution is -2.16. The summed E-state index contributed by atoms with van der Waals surface area (Å²) in [6.07, 6.45) is -0.769. The average Bonchev–Trinajstić information content (AvgIpc) is 2.39. The Hall–Kier alpha value is -1.95. The van der Waals surface area contributed by atoms with Crippen LogP contribution in [0.4, 0.5) is 13.2 Å². The van der Waals surface area contributed by atoms with E-state index in [1.165, 1.54) is 12.1 Å². The Morgan fingerprint density at radius 2 is 1.63 bits per heavy atom. The summed E-state index contributed by atoms with van der Waals surface area (Å²) >= 11 is 0. The van der Waals surface area contributed by atoms with Gasteiger partial charge in [-0.3, -0.25) is 0 Å². The number of nitrogens with two attached hydrogens (primary N) is 1. The zero-order chi connectivity index (χ0) is 13.9. The summed E-state index contributed by atoms with van der Waals surface area (Å²) in [5, 5.41) is 0. The summed E-state index contributed by atoms with van der Waals surface area (Å²) in [6, 6.07) is 6.19. The topological polar surface area (TPSA) is 51.8 Å². The quantitative estimate of drug-likeness (QED) is 0.930. The van der Waals surface area contributed by atoms with Gasteiger partial charge in [0, 0.05) is 12.4 Å². The Labute approximate surface area is 108 Å². The molecule has 2 rings (SSSR count). The van der Waals surface area contributed by atoms with Crippen molar-refractivity contribution in [1.29, 1.82) is 0 Å². The molecule has 1 unspecified atom stereocenters. The van der Waals surface area contributed by atoms with Crippen molar-refractivity contribution >= 4 is 0 Å². The lowest BCUT2D eigenvalue weighted by molar-refractivity contribution is -0.137. The van der Waals surface area contributed by atoms with Crippen LogP contribution in [0, 0.1) is 0 Å². The van der Waals surface area contributed by atoms with Gasteiger partial charge in [0.25, 0.3) is 0 Å². The highest BCUT2D eigenvalue weighted by Gasteiger charge is 2.29. The van der Waals surface area contributed by atoms with Crippen molar-refractivity contribution in [3.8, 4) is 0 Å². The minimum absolute atomic E-state index is 0.391. The first-order valence-electron chi connectivity index (χ1n) is 5.65. The number of nitrogens with zero attached hydrogens (tertiary/aromatic N) is 2. The van der Waals surface area contributed by atoms with Gasteiger partial charge in [-0.2, -0.15) is 13.2 Å². The van der Waals surface area contributed by atoms with E-state index in [2.05, 4.69) is 9.97 Å². The fraction of sp³-hybridized carbons (Fsp3) is 0.231. The third-order valence-electron chi connectivity index (χ3n) is 2.65. The largest absolute Gasteiger partial charge is 0.416 e. The van der Waals surface area contributed by atoms with Crippen LogP contribution < -0.4 is 5.73 Å². The molecule has 3 nitrogen and oxygen atoms in total. The van der Waals surface area contributed by atoms with Gasteiger partial charge in [-0.1, -0.05) is 12.1 Å². The molecular formula is C13H12F3N3. The summed E-state index contributed by atoms with van der Waals surface area (Å²) in [7, 11) is 0. The summed E-state index contributed by atoms with van der Waals surface area (Å²) in [5.41, 5.74) is 5.95. The molecule has 0 saturated carbocycles. The van der Waals surface area contributed by atoms with Crippen LogP contribution in [0.3, 0.4) is 0 Å². The fourth-order valence-corrected chi connectivity index (χ4v) is 1.68. The van der Waals surface area contributed by atoms with Crippen molar-refractivity contribution in [2.75, 3.05) is 0 Å². The van der Waals surface area contributed by atoms with Gasteiger partial charge in [0.05, 0.1) is 11.6 Å². The Morgan fingerprint density at radius 3 is 2.16 bits per heavy atom. The summed E-state index contributed by atoms with van der Waals surface area (Å²) in [6.45, 7) is 0. The summed E-state index contributed by atoms with van der Waals surface area (Å²) in [5.74, 6) is 0.474. The number of halogens is 3. The van der Waals surface area contributed by atoms with Crippen LogP contribution in [0.1, 0.15) is 23.0 Å². The highest BCUT2D eigenvalue weighted by Crippen LogP contribution is 2.29. The van der Waals surface area contributed by atoms with Gasteiger partial charge in [0.1, 0.15) is 5.82 Å². The lowest BCUT2D eigenvalue weighted by atomic mass is 10.0. The lowest BCUT2D eigenvalue weighted by Gasteiger charge is -2.11. The molecule has 0 amide bonds. The monoisotopic (exact) mass is 267 g/mol. The predicted molar refractivity (Wildman–Crippen MR) is 64.1 cm³/mol. The molecule has 2 aromatic rings.